The van der Waals surface area contributed by atoms with Crippen LogP contribution in [0.2, 0.25) is 0 Å². The molecule has 82 valence electrons. The number of hydrogen-bond donors (Lipinski definition) is 2. The summed E-state index contributed by atoms with van der Waals surface area (Å²) in [6, 6.07) is 0.0381. The highest BCUT2D eigenvalue weighted by Gasteiger charge is 2.21. The third-order valence-electron chi connectivity index (χ3n) is 1.85. The van der Waals surface area contributed by atoms with Crippen LogP contribution < -0.4 is 11.1 Å². The average molecular weight is 201 g/mol. The lowest BCUT2D eigenvalue weighted by Gasteiger charge is -2.24. The summed E-state index contributed by atoms with van der Waals surface area (Å²) in [6.07, 6.45) is 0. The second-order valence-corrected chi connectivity index (χ2v) is 3.23. The molecule has 0 saturated carbocycles. The van der Waals surface area contributed by atoms with Crippen molar-refractivity contribution in [3.05, 3.63) is 0 Å². The Hall–Kier alpha value is -1.10. The van der Waals surface area contributed by atoms with E-state index in [9.17, 15) is 9.59 Å². The van der Waals surface area contributed by atoms with Gasteiger partial charge in [0.1, 0.15) is 0 Å². The van der Waals surface area contributed by atoms with Crippen molar-refractivity contribution in [2.75, 3.05) is 19.6 Å². The maximum Gasteiger partial charge on any atom is 0.312 e. The fourth-order valence-electron chi connectivity index (χ4n) is 1.14. The molecule has 0 aromatic heterocycles. The normalized spacial score (nSPS) is 10.1. The van der Waals surface area contributed by atoms with Crippen LogP contribution >= 0.6 is 0 Å². The van der Waals surface area contributed by atoms with Crippen molar-refractivity contribution in [1.29, 1.82) is 0 Å². The highest BCUT2D eigenvalue weighted by atomic mass is 16.2. The molecule has 0 radical (unpaired) electrons. The molecular weight excluding hydrogens is 182 g/mol. The third kappa shape index (κ3) is 3.74. The number of rotatable bonds is 4. The van der Waals surface area contributed by atoms with Crippen molar-refractivity contribution in [2.45, 2.75) is 26.8 Å². The van der Waals surface area contributed by atoms with E-state index in [0.29, 0.717) is 19.6 Å². The molecule has 2 amide bonds. The smallest absolute Gasteiger partial charge is 0.312 e. The summed E-state index contributed by atoms with van der Waals surface area (Å²) >= 11 is 0. The van der Waals surface area contributed by atoms with Crippen LogP contribution in [0.3, 0.4) is 0 Å². The van der Waals surface area contributed by atoms with Gasteiger partial charge in [-0.2, -0.15) is 0 Å². The molecule has 0 fully saturated rings. The van der Waals surface area contributed by atoms with Crippen LogP contribution in [0.4, 0.5) is 0 Å². The lowest BCUT2D eigenvalue weighted by Crippen LogP contribution is -2.46. The molecule has 5 heteroatoms. The second kappa shape index (κ2) is 6.37. The van der Waals surface area contributed by atoms with E-state index in [-0.39, 0.29) is 6.04 Å². The van der Waals surface area contributed by atoms with E-state index in [0.717, 1.165) is 0 Å². The van der Waals surface area contributed by atoms with Gasteiger partial charge in [-0.05, 0) is 20.8 Å². The molecule has 0 aromatic rings. The first-order valence-electron chi connectivity index (χ1n) is 4.83. The number of nitrogens with zero attached hydrogens (tertiary/aromatic N) is 1. The van der Waals surface area contributed by atoms with Crippen LogP contribution in [0.5, 0.6) is 0 Å². The summed E-state index contributed by atoms with van der Waals surface area (Å²) in [7, 11) is 0. The van der Waals surface area contributed by atoms with E-state index in [2.05, 4.69) is 5.32 Å². The molecule has 0 unspecified atom stereocenters. The molecule has 0 aliphatic rings. The Morgan fingerprint density at radius 3 is 2.36 bits per heavy atom. The van der Waals surface area contributed by atoms with Gasteiger partial charge in [0, 0.05) is 25.7 Å². The van der Waals surface area contributed by atoms with Gasteiger partial charge >= 0.3 is 11.8 Å². The molecule has 5 nitrogen and oxygen atoms in total. The predicted molar refractivity (Wildman–Crippen MR) is 54.6 cm³/mol. The van der Waals surface area contributed by atoms with E-state index in [4.69, 9.17) is 5.73 Å². The predicted octanol–water partition coefficient (Wildman–Crippen LogP) is -0.682. The van der Waals surface area contributed by atoms with Crippen LogP contribution in [0, 0.1) is 0 Å². The Kier molecular flexibility index (Phi) is 5.87. The van der Waals surface area contributed by atoms with Crippen molar-refractivity contribution in [1.82, 2.24) is 10.2 Å². The molecular formula is C9H19N3O2. The van der Waals surface area contributed by atoms with Crippen molar-refractivity contribution < 1.29 is 9.59 Å². The van der Waals surface area contributed by atoms with E-state index in [1.165, 1.54) is 4.90 Å². The third-order valence-corrected chi connectivity index (χ3v) is 1.85. The van der Waals surface area contributed by atoms with E-state index < -0.39 is 11.8 Å². The fourth-order valence-corrected chi connectivity index (χ4v) is 1.14. The topological polar surface area (TPSA) is 75.4 Å². The van der Waals surface area contributed by atoms with Gasteiger partial charge in [0.2, 0.25) is 0 Å². The maximum atomic E-state index is 11.5. The van der Waals surface area contributed by atoms with Gasteiger partial charge < -0.3 is 16.0 Å². The Morgan fingerprint density at radius 2 is 2.00 bits per heavy atom. The number of amides is 2. The fraction of sp³-hybridized carbons (Fsp3) is 0.778. The van der Waals surface area contributed by atoms with E-state index in [1.807, 2.05) is 20.8 Å². The number of carbonyl (C=O) groups excluding carboxylic acids is 2. The molecule has 3 N–H and O–H groups in total. The van der Waals surface area contributed by atoms with Crippen molar-refractivity contribution in [3.63, 3.8) is 0 Å². The summed E-state index contributed by atoms with van der Waals surface area (Å²) in [5.41, 5.74) is 5.21. The molecule has 0 atom stereocenters. The van der Waals surface area contributed by atoms with Crippen LogP contribution in [0.1, 0.15) is 20.8 Å². The summed E-state index contributed by atoms with van der Waals surface area (Å²) < 4.78 is 0. The first-order chi connectivity index (χ1) is 6.54. The first kappa shape index (κ1) is 12.9. The molecule has 0 rings (SSSR count). The standard InChI is InChI=1S/C9H19N3O2/c1-4-12(7(2)3)9(14)8(13)11-6-5-10/h7H,4-6,10H2,1-3H3,(H,11,13). The van der Waals surface area contributed by atoms with E-state index in [1.54, 1.807) is 0 Å². The molecule has 0 saturated heterocycles. The van der Waals surface area contributed by atoms with Gasteiger partial charge in [0.15, 0.2) is 0 Å². The Balaban J connectivity index is 4.21. The minimum Gasteiger partial charge on any atom is -0.347 e. The number of nitrogens with one attached hydrogen (secondary N) is 1. The quantitative estimate of drug-likeness (QED) is 0.592. The van der Waals surface area contributed by atoms with Gasteiger partial charge in [0.05, 0.1) is 0 Å². The van der Waals surface area contributed by atoms with Crippen LogP contribution in [0.25, 0.3) is 0 Å². The molecule has 0 spiro atoms. The van der Waals surface area contributed by atoms with Crippen LogP contribution in [0.15, 0.2) is 0 Å². The first-order valence-corrected chi connectivity index (χ1v) is 4.83. The van der Waals surface area contributed by atoms with Crippen molar-refractivity contribution in [3.8, 4) is 0 Å². The molecule has 14 heavy (non-hydrogen) atoms. The highest BCUT2D eigenvalue weighted by Crippen LogP contribution is 1.97. The number of nitrogens with two attached hydrogens (primary N) is 1. The monoisotopic (exact) mass is 201 g/mol. The molecule has 0 aliphatic carbocycles. The highest BCUT2D eigenvalue weighted by molar-refractivity contribution is 6.35. The summed E-state index contributed by atoms with van der Waals surface area (Å²) in [4.78, 5) is 24.2. The van der Waals surface area contributed by atoms with Crippen molar-refractivity contribution >= 4 is 11.8 Å². The SMILES string of the molecule is CCN(C(=O)C(=O)NCCN)C(C)C. The lowest BCUT2D eigenvalue weighted by atomic mass is 10.3. The zero-order valence-corrected chi connectivity index (χ0v) is 9.04. The summed E-state index contributed by atoms with van der Waals surface area (Å²) in [6.45, 7) is 6.79. The van der Waals surface area contributed by atoms with Gasteiger partial charge in [0.25, 0.3) is 0 Å². The van der Waals surface area contributed by atoms with Gasteiger partial charge in [-0.3, -0.25) is 9.59 Å². The average Bonchev–Trinajstić information content (AvgIpc) is 2.14. The minimum atomic E-state index is -0.578. The molecule has 0 heterocycles. The number of hydrogen-bond acceptors (Lipinski definition) is 3. The summed E-state index contributed by atoms with van der Waals surface area (Å²) in [5.74, 6) is -1.07. The van der Waals surface area contributed by atoms with Gasteiger partial charge in [-0.15, -0.1) is 0 Å². The zero-order chi connectivity index (χ0) is 11.1. The van der Waals surface area contributed by atoms with Gasteiger partial charge in [-0.25, -0.2) is 0 Å². The molecule has 0 aromatic carbocycles. The Labute approximate surface area is 84.6 Å². The Morgan fingerprint density at radius 1 is 1.43 bits per heavy atom. The van der Waals surface area contributed by atoms with Crippen LogP contribution in [-0.2, 0) is 9.59 Å². The Bertz CT molecular complexity index is 204. The second-order valence-electron chi connectivity index (χ2n) is 3.23. The van der Waals surface area contributed by atoms with Gasteiger partial charge in [-0.1, -0.05) is 0 Å². The van der Waals surface area contributed by atoms with Crippen LogP contribution in [-0.4, -0.2) is 42.4 Å². The largest absolute Gasteiger partial charge is 0.347 e. The number of carbonyl (C=O) groups is 2. The van der Waals surface area contributed by atoms with Crippen molar-refractivity contribution in [2.24, 2.45) is 5.73 Å². The number of likely N-dealkylation sites (N-methyl/N-ethyl adjacent to an activating group) is 1. The molecule has 0 bridgehead atoms. The maximum absolute atomic E-state index is 11.5. The summed E-state index contributed by atoms with van der Waals surface area (Å²) in [5, 5.41) is 2.45. The lowest BCUT2D eigenvalue weighted by molar-refractivity contribution is -0.146. The molecule has 0 aliphatic heterocycles. The van der Waals surface area contributed by atoms with E-state index >= 15 is 0 Å². The zero-order valence-electron chi connectivity index (χ0n) is 9.04. The minimum absolute atomic E-state index is 0.0381.